The van der Waals surface area contributed by atoms with E-state index in [-0.39, 0.29) is 11.7 Å². The molecule has 6 nitrogen and oxygen atoms in total. The number of carbonyl (C=O) groups excluding carboxylic acids is 1. The van der Waals surface area contributed by atoms with Crippen LogP contribution in [0.1, 0.15) is 18.4 Å². The molecule has 3 heterocycles. The van der Waals surface area contributed by atoms with Gasteiger partial charge in [0.15, 0.2) is 5.82 Å². The first-order valence-electron chi connectivity index (χ1n) is 12.0. The Morgan fingerprint density at radius 3 is 2.47 bits per heavy atom. The number of para-hydroxylation sites is 2. The zero-order chi connectivity index (χ0) is 24.5. The second-order valence-electron chi connectivity index (χ2n) is 8.94. The summed E-state index contributed by atoms with van der Waals surface area (Å²) in [5.41, 5.74) is 5.80. The Kier molecular flexibility index (Phi) is 6.29. The van der Waals surface area contributed by atoms with E-state index in [1.807, 2.05) is 48.5 Å². The number of hydrogen-bond donors (Lipinski definition) is 1. The van der Waals surface area contributed by atoms with Crippen molar-refractivity contribution in [2.75, 3.05) is 29.1 Å². The van der Waals surface area contributed by atoms with Crippen LogP contribution in [0, 0.1) is 6.92 Å². The fourth-order valence-electron chi connectivity index (χ4n) is 4.39. The molecule has 0 spiro atoms. The minimum absolute atomic E-state index is 0.0643. The average molecular weight is 512 g/mol. The van der Waals surface area contributed by atoms with Crippen molar-refractivity contribution in [3.8, 4) is 10.6 Å². The molecule has 6 rings (SSSR count). The van der Waals surface area contributed by atoms with Gasteiger partial charge in [0.1, 0.15) is 10.0 Å². The lowest BCUT2D eigenvalue weighted by Crippen LogP contribution is -2.21. The van der Waals surface area contributed by atoms with Crippen LogP contribution in [0.25, 0.3) is 31.8 Å². The molecule has 1 N–H and O–H groups in total. The van der Waals surface area contributed by atoms with Crippen LogP contribution < -0.4 is 10.2 Å². The van der Waals surface area contributed by atoms with Crippen LogP contribution in [0.2, 0.25) is 0 Å². The molecule has 0 radical (unpaired) electrons. The summed E-state index contributed by atoms with van der Waals surface area (Å²) >= 11 is 3.13. The van der Waals surface area contributed by atoms with Crippen LogP contribution in [0.5, 0.6) is 0 Å². The van der Waals surface area contributed by atoms with Gasteiger partial charge in [0, 0.05) is 24.3 Å². The molecule has 0 unspecified atom stereocenters. The van der Waals surface area contributed by atoms with Crippen molar-refractivity contribution in [3.05, 3.63) is 72.3 Å². The highest BCUT2D eigenvalue weighted by atomic mass is 32.2. The number of rotatable bonds is 6. The number of benzene rings is 3. The number of carbonyl (C=O) groups is 1. The van der Waals surface area contributed by atoms with E-state index in [9.17, 15) is 4.79 Å². The van der Waals surface area contributed by atoms with E-state index in [1.54, 1.807) is 11.3 Å². The Hall–Kier alpha value is -3.49. The fraction of sp³-hybridized carbons (Fsp3) is 0.214. The highest BCUT2D eigenvalue weighted by molar-refractivity contribution is 8.00. The first kappa shape index (κ1) is 22.9. The second kappa shape index (κ2) is 9.87. The molecule has 180 valence electrons. The van der Waals surface area contributed by atoms with Gasteiger partial charge in [-0.05, 0) is 73.9 Å². The van der Waals surface area contributed by atoms with Crippen LogP contribution >= 0.6 is 23.1 Å². The minimum atomic E-state index is -0.0643. The molecule has 0 aliphatic carbocycles. The van der Waals surface area contributed by atoms with Gasteiger partial charge in [0.25, 0.3) is 0 Å². The van der Waals surface area contributed by atoms with Crippen molar-refractivity contribution in [1.29, 1.82) is 0 Å². The predicted octanol–water partition coefficient (Wildman–Crippen LogP) is 6.55. The third-order valence-electron chi connectivity index (χ3n) is 6.23. The lowest BCUT2D eigenvalue weighted by atomic mass is 10.2. The van der Waals surface area contributed by atoms with Crippen molar-refractivity contribution in [3.63, 3.8) is 0 Å². The number of thioether (sulfide) groups is 1. The van der Waals surface area contributed by atoms with Gasteiger partial charge in [0.2, 0.25) is 5.91 Å². The summed E-state index contributed by atoms with van der Waals surface area (Å²) in [7, 11) is 0. The third-order valence-corrected chi connectivity index (χ3v) is 8.25. The van der Waals surface area contributed by atoms with E-state index in [0.717, 1.165) is 69.6 Å². The van der Waals surface area contributed by atoms with Crippen molar-refractivity contribution in [1.82, 2.24) is 15.0 Å². The van der Waals surface area contributed by atoms with Crippen molar-refractivity contribution < 1.29 is 4.79 Å². The summed E-state index contributed by atoms with van der Waals surface area (Å²) in [5.74, 6) is 1.09. The smallest absolute Gasteiger partial charge is 0.234 e. The highest BCUT2D eigenvalue weighted by Crippen LogP contribution is 2.33. The summed E-state index contributed by atoms with van der Waals surface area (Å²) in [6.07, 6.45) is 2.32. The van der Waals surface area contributed by atoms with Crippen molar-refractivity contribution >= 4 is 61.8 Å². The molecular weight excluding hydrogens is 486 g/mol. The van der Waals surface area contributed by atoms with Gasteiger partial charge in [-0.1, -0.05) is 30.0 Å². The van der Waals surface area contributed by atoms with Crippen LogP contribution in [-0.2, 0) is 4.79 Å². The molecule has 5 aromatic rings. The number of thiazole rings is 1. The summed E-state index contributed by atoms with van der Waals surface area (Å²) in [6.45, 7) is 4.05. The standard InChI is InChI=1S/C28H25N5OS2/c1-18-8-13-23-24(16-18)36-27(32-23)19-9-11-20(12-10-19)29-25(34)17-35-28-26(33-14-4-5-15-33)30-21-6-2-3-7-22(21)31-28/h2-3,6-13,16H,4-5,14-15,17H2,1H3,(H,29,34). The number of nitrogens with zero attached hydrogens (tertiary/aromatic N) is 4. The molecule has 3 aromatic carbocycles. The van der Waals surface area contributed by atoms with Gasteiger partial charge < -0.3 is 10.2 Å². The Balaban J connectivity index is 1.14. The van der Waals surface area contributed by atoms with Crippen LogP contribution in [-0.4, -0.2) is 39.7 Å². The van der Waals surface area contributed by atoms with E-state index < -0.39 is 0 Å². The monoisotopic (exact) mass is 511 g/mol. The molecule has 1 fully saturated rings. The molecule has 1 aliphatic heterocycles. The number of aryl methyl sites for hydroxylation is 1. The quantitative estimate of drug-likeness (QED) is 0.261. The maximum atomic E-state index is 12.8. The molecule has 0 atom stereocenters. The van der Waals surface area contributed by atoms with E-state index >= 15 is 0 Å². The molecule has 1 saturated heterocycles. The first-order chi connectivity index (χ1) is 17.6. The molecule has 0 bridgehead atoms. The topological polar surface area (TPSA) is 71.0 Å². The Morgan fingerprint density at radius 2 is 1.69 bits per heavy atom. The van der Waals surface area contributed by atoms with E-state index in [2.05, 4.69) is 35.3 Å². The van der Waals surface area contributed by atoms with E-state index in [0.29, 0.717) is 0 Å². The van der Waals surface area contributed by atoms with Gasteiger partial charge in [-0.2, -0.15) is 0 Å². The lowest BCUT2D eigenvalue weighted by molar-refractivity contribution is -0.113. The van der Waals surface area contributed by atoms with Gasteiger partial charge >= 0.3 is 0 Å². The highest BCUT2D eigenvalue weighted by Gasteiger charge is 2.20. The van der Waals surface area contributed by atoms with Crippen LogP contribution in [0.4, 0.5) is 11.5 Å². The number of aromatic nitrogens is 3. The Morgan fingerprint density at radius 1 is 0.944 bits per heavy atom. The lowest BCUT2D eigenvalue weighted by Gasteiger charge is -2.19. The minimum Gasteiger partial charge on any atom is -0.354 e. The van der Waals surface area contributed by atoms with Gasteiger partial charge in [-0.15, -0.1) is 11.3 Å². The summed E-state index contributed by atoms with van der Waals surface area (Å²) in [5, 5.41) is 4.80. The van der Waals surface area contributed by atoms with Crippen molar-refractivity contribution in [2.24, 2.45) is 0 Å². The molecule has 8 heteroatoms. The number of nitrogens with one attached hydrogen (secondary N) is 1. The Bertz CT molecular complexity index is 1560. The number of anilines is 2. The SMILES string of the molecule is Cc1ccc2nc(-c3ccc(NC(=O)CSc4nc5ccccc5nc4N4CCCC4)cc3)sc2c1. The van der Waals surface area contributed by atoms with Crippen LogP contribution in [0.3, 0.4) is 0 Å². The number of fused-ring (bicyclic) bond motifs is 2. The normalized spacial score (nSPS) is 13.5. The second-order valence-corrected chi connectivity index (χ2v) is 10.9. The van der Waals surface area contributed by atoms with E-state index in [1.165, 1.54) is 22.0 Å². The number of amides is 1. The molecule has 1 amide bonds. The summed E-state index contributed by atoms with van der Waals surface area (Å²) in [6, 6.07) is 22.1. The maximum Gasteiger partial charge on any atom is 0.234 e. The van der Waals surface area contributed by atoms with Gasteiger partial charge in [-0.25, -0.2) is 15.0 Å². The zero-order valence-corrected chi connectivity index (χ0v) is 21.5. The first-order valence-corrected chi connectivity index (χ1v) is 13.8. The summed E-state index contributed by atoms with van der Waals surface area (Å²) in [4.78, 5) is 29.5. The molecule has 0 saturated carbocycles. The molecule has 1 aliphatic rings. The Labute approximate surface area is 217 Å². The molecule has 36 heavy (non-hydrogen) atoms. The molecular formula is C28H25N5OS2. The molecule has 2 aromatic heterocycles. The van der Waals surface area contributed by atoms with E-state index in [4.69, 9.17) is 15.0 Å². The maximum absolute atomic E-state index is 12.8. The largest absolute Gasteiger partial charge is 0.354 e. The van der Waals surface area contributed by atoms with Crippen LogP contribution in [0.15, 0.2) is 71.8 Å². The third kappa shape index (κ3) is 4.79. The predicted molar refractivity (Wildman–Crippen MR) is 150 cm³/mol. The van der Waals surface area contributed by atoms with Gasteiger partial charge in [-0.3, -0.25) is 4.79 Å². The zero-order valence-electron chi connectivity index (χ0n) is 19.9. The van der Waals surface area contributed by atoms with Crippen molar-refractivity contribution in [2.45, 2.75) is 24.8 Å². The summed E-state index contributed by atoms with van der Waals surface area (Å²) < 4.78 is 1.18. The fourth-order valence-corrected chi connectivity index (χ4v) is 6.26. The number of hydrogen-bond acceptors (Lipinski definition) is 7. The average Bonchev–Trinajstić information content (AvgIpc) is 3.57. The van der Waals surface area contributed by atoms with Gasteiger partial charge in [0.05, 0.1) is 27.0 Å².